The highest BCUT2D eigenvalue weighted by molar-refractivity contribution is 7.17. The minimum Gasteiger partial charge on any atom is -0.482 e. The van der Waals surface area contributed by atoms with Gasteiger partial charge < -0.3 is 9.30 Å². The topological polar surface area (TPSA) is 43.6 Å². The van der Waals surface area contributed by atoms with E-state index in [0.29, 0.717) is 27.1 Å². The average molecular weight is 441 g/mol. The van der Waals surface area contributed by atoms with Gasteiger partial charge in [-0.1, -0.05) is 70.8 Å². The van der Waals surface area contributed by atoms with E-state index >= 15 is 0 Å². The van der Waals surface area contributed by atoms with Gasteiger partial charge >= 0.3 is 0 Å². The van der Waals surface area contributed by atoms with E-state index < -0.39 is 5.91 Å². The molecule has 0 fully saturated rings. The Balaban J connectivity index is 1.70. The van der Waals surface area contributed by atoms with Crippen LogP contribution < -0.4 is 9.54 Å². The zero-order valence-corrected chi connectivity index (χ0v) is 17.4. The molecule has 0 unspecified atom stereocenters. The van der Waals surface area contributed by atoms with Gasteiger partial charge in [0.1, 0.15) is 5.75 Å². The van der Waals surface area contributed by atoms with E-state index in [1.54, 1.807) is 18.2 Å². The van der Waals surface area contributed by atoms with E-state index in [1.165, 1.54) is 11.3 Å². The van der Waals surface area contributed by atoms with Crippen LogP contribution in [0.15, 0.2) is 59.6 Å². The van der Waals surface area contributed by atoms with Crippen LogP contribution in [0.1, 0.15) is 0 Å². The van der Waals surface area contributed by atoms with Crippen molar-refractivity contribution in [3.63, 3.8) is 0 Å². The number of hydrogen-bond donors (Lipinski definition) is 0. The molecule has 1 aromatic heterocycles. The van der Waals surface area contributed by atoms with Gasteiger partial charge in [-0.2, -0.15) is 4.99 Å². The summed E-state index contributed by atoms with van der Waals surface area (Å²) in [6, 6.07) is 16.9. The molecule has 0 saturated heterocycles. The third-order valence-electron chi connectivity index (χ3n) is 4.29. The van der Waals surface area contributed by atoms with Crippen molar-refractivity contribution in [1.29, 1.82) is 0 Å². The molecule has 0 atom stereocenters. The third-order valence-corrected chi connectivity index (χ3v) is 5.95. The maximum absolute atomic E-state index is 12.4. The highest BCUT2D eigenvalue weighted by Gasteiger charge is 2.11. The van der Waals surface area contributed by atoms with Crippen LogP contribution in [0.2, 0.25) is 10.0 Å². The summed E-state index contributed by atoms with van der Waals surface area (Å²) in [7, 11) is 0. The minimum absolute atomic E-state index is 0.244. The fourth-order valence-electron chi connectivity index (χ4n) is 3.00. The molecule has 4 rings (SSSR count). The van der Waals surface area contributed by atoms with Crippen molar-refractivity contribution >= 4 is 61.4 Å². The van der Waals surface area contributed by atoms with Crippen molar-refractivity contribution in [2.75, 3.05) is 6.61 Å². The fourth-order valence-corrected chi connectivity index (χ4v) is 4.64. The minimum atomic E-state index is -0.433. The summed E-state index contributed by atoms with van der Waals surface area (Å²) in [6.45, 7) is 0.0702. The number of fused-ring (bicyclic) bond motifs is 3. The number of carbonyl (C=O) groups excluding carboxylic acids is 1. The molecule has 1 amide bonds. The lowest BCUT2D eigenvalue weighted by atomic mass is 10.1. The predicted molar refractivity (Wildman–Crippen MR) is 119 cm³/mol. The second kappa shape index (κ2) is 8.30. The summed E-state index contributed by atoms with van der Waals surface area (Å²) < 4.78 is 8.39. The average Bonchev–Trinajstić information content (AvgIpc) is 3.05. The largest absolute Gasteiger partial charge is 0.482 e. The van der Waals surface area contributed by atoms with Crippen LogP contribution in [0.5, 0.6) is 5.75 Å². The van der Waals surface area contributed by atoms with Gasteiger partial charge in [-0.15, -0.1) is 6.42 Å². The van der Waals surface area contributed by atoms with Gasteiger partial charge in [-0.3, -0.25) is 4.79 Å². The number of terminal acetylenes is 1. The molecular weight excluding hydrogens is 427 g/mol. The molecule has 0 aliphatic rings. The molecule has 29 heavy (non-hydrogen) atoms. The van der Waals surface area contributed by atoms with E-state index in [2.05, 4.69) is 10.9 Å². The van der Waals surface area contributed by atoms with Crippen LogP contribution in [0.4, 0.5) is 0 Å². The normalized spacial score (nSPS) is 11.7. The van der Waals surface area contributed by atoms with Crippen molar-refractivity contribution in [2.24, 2.45) is 4.99 Å². The zero-order valence-electron chi connectivity index (χ0n) is 15.1. The van der Waals surface area contributed by atoms with Crippen molar-refractivity contribution < 1.29 is 9.53 Å². The maximum atomic E-state index is 12.4. The predicted octanol–water partition coefficient (Wildman–Crippen LogP) is 5.30. The molecule has 0 aliphatic carbocycles. The van der Waals surface area contributed by atoms with Gasteiger partial charge in [0, 0.05) is 10.4 Å². The molecule has 1 heterocycles. The molecule has 0 spiro atoms. The van der Waals surface area contributed by atoms with Gasteiger partial charge in [0.25, 0.3) is 5.91 Å². The Labute approximate surface area is 181 Å². The summed E-state index contributed by atoms with van der Waals surface area (Å²) in [5.74, 6) is 2.57. The third kappa shape index (κ3) is 4.01. The maximum Gasteiger partial charge on any atom is 0.286 e. The molecule has 3 aromatic carbocycles. The number of aromatic nitrogens is 1. The zero-order chi connectivity index (χ0) is 20.4. The Morgan fingerprint density at radius 3 is 2.79 bits per heavy atom. The highest BCUT2D eigenvalue weighted by atomic mass is 35.5. The van der Waals surface area contributed by atoms with Crippen LogP contribution >= 0.6 is 34.5 Å². The molecular formula is C22H14Cl2N2O2S. The van der Waals surface area contributed by atoms with Crippen LogP contribution in [-0.2, 0) is 11.3 Å². The first-order valence-electron chi connectivity index (χ1n) is 8.67. The van der Waals surface area contributed by atoms with Crippen LogP contribution in [0, 0.1) is 12.3 Å². The Hall–Kier alpha value is -2.78. The second-order valence-electron chi connectivity index (χ2n) is 6.18. The number of carbonyl (C=O) groups is 1. The highest BCUT2D eigenvalue weighted by Crippen LogP contribution is 2.28. The SMILES string of the molecule is C#CCn1c(=NC(=O)COc2ccc(Cl)cc2Cl)sc2c3ccccc3ccc21. The summed E-state index contributed by atoms with van der Waals surface area (Å²) in [4.78, 5) is 17.2. The number of rotatable bonds is 4. The number of halogens is 2. The van der Waals surface area contributed by atoms with Gasteiger partial charge in [-0.25, -0.2) is 0 Å². The van der Waals surface area contributed by atoms with Crippen molar-refractivity contribution in [3.05, 3.63) is 69.4 Å². The Morgan fingerprint density at radius 1 is 1.17 bits per heavy atom. The molecule has 0 saturated carbocycles. The number of ether oxygens (including phenoxy) is 1. The van der Waals surface area contributed by atoms with Crippen molar-refractivity contribution in [3.8, 4) is 18.1 Å². The van der Waals surface area contributed by atoms with E-state index in [9.17, 15) is 4.79 Å². The number of hydrogen-bond acceptors (Lipinski definition) is 3. The first-order chi connectivity index (χ1) is 14.1. The van der Waals surface area contributed by atoms with E-state index in [4.69, 9.17) is 34.4 Å². The molecule has 4 aromatic rings. The first kappa shape index (κ1) is 19.5. The standard InChI is InChI=1S/C22H14Cl2N2O2S/c1-2-11-26-18-9-7-14-5-3-4-6-16(14)21(18)29-22(26)25-20(27)13-28-19-10-8-15(23)12-17(19)24/h1,3-10,12H,11,13H2. The number of benzene rings is 3. The lowest BCUT2D eigenvalue weighted by Gasteiger charge is -2.05. The molecule has 144 valence electrons. The summed E-state index contributed by atoms with van der Waals surface area (Å²) in [5.41, 5.74) is 0.944. The van der Waals surface area contributed by atoms with Gasteiger partial charge in [-0.05, 0) is 29.7 Å². The molecule has 0 radical (unpaired) electrons. The lowest BCUT2D eigenvalue weighted by molar-refractivity contribution is -0.120. The molecule has 4 nitrogen and oxygen atoms in total. The monoisotopic (exact) mass is 440 g/mol. The van der Waals surface area contributed by atoms with Crippen LogP contribution in [0.25, 0.3) is 21.0 Å². The summed E-state index contributed by atoms with van der Waals surface area (Å²) in [6.07, 6.45) is 5.54. The lowest BCUT2D eigenvalue weighted by Crippen LogP contribution is -2.19. The van der Waals surface area contributed by atoms with Crippen LogP contribution in [0.3, 0.4) is 0 Å². The number of nitrogens with zero attached hydrogens (tertiary/aromatic N) is 2. The first-order valence-corrected chi connectivity index (χ1v) is 10.2. The van der Waals surface area contributed by atoms with Crippen LogP contribution in [-0.4, -0.2) is 17.1 Å². The molecule has 0 aliphatic heterocycles. The summed E-state index contributed by atoms with van der Waals surface area (Å²) in [5, 5.41) is 3.04. The molecule has 7 heteroatoms. The number of amides is 1. The quantitative estimate of drug-likeness (QED) is 0.404. The van der Waals surface area contributed by atoms with Crippen molar-refractivity contribution in [1.82, 2.24) is 4.57 Å². The van der Waals surface area contributed by atoms with E-state index in [1.807, 2.05) is 41.0 Å². The Kier molecular flexibility index (Phi) is 5.59. The van der Waals surface area contributed by atoms with Crippen molar-refractivity contribution in [2.45, 2.75) is 6.54 Å². The van der Waals surface area contributed by atoms with E-state index in [-0.39, 0.29) is 6.61 Å². The van der Waals surface area contributed by atoms with Gasteiger partial charge in [0.05, 0.1) is 21.8 Å². The fraction of sp³-hybridized carbons (Fsp3) is 0.0909. The molecule has 0 N–H and O–H groups in total. The molecule has 0 bridgehead atoms. The Morgan fingerprint density at radius 2 is 2.00 bits per heavy atom. The van der Waals surface area contributed by atoms with E-state index in [0.717, 1.165) is 21.0 Å². The van der Waals surface area contributed by atoms with Gasteiger partial charge in [0.15, 0.2) is 11.4 Å². The van der Waals surface area contributed by atoms with Gasteiger partial charge in [0.2, 0.25) is 0 Å². The Bertz CT molecular complexity index is 1350. The summed E-state index contributed by atoms with van der Waals surface area (Å²) >= 11 is 13.4. The second-order valence-corrected chi connectivity index (χ2v) is 8.00. The number of thiazole rings is 1. The smallest absolute Gasteiger partial charge is 0.286 e.